The van der Waals surface area contributed by atoms with Gasteiger partial charge in [-0.3, -0.25) is 4.79 Å². The van der Waals surface area contributed by atoms with Gasteiger partial charge in [0.05, 0.1) is 5.56 Å². The fraction of sp³-hybridized carbons (Fsp3) is 0.174. The first kappa shape index (κ1) is 20.9. The molecule has 1 amide bonds. The lowest BCUT2D eigenvalue weighted by molar-refractivity contribution is -0.120. The minimum atomic E-state index is -0.337. The van der Waals surface area contributed by atoms with Crippen LogP contribution in [0.3, 0.4) is 0 Å². The Labute approximate surface area is 175 Å². The van der Waals surface area contributed by atoms with Gasteiger partial charge in [0, 0.05) is 11.9 Å². The van der Waals surface area contributed by atoms with Crippen molar-refractivity contribution < 1.29 is 14.4 Å². The van der Waals surface area contributed by atoms with Crippen molar-refractivity contribution in [2.45, 2.75) is 19.8 Å². The number of rotatable bonds is 8. The maximum atomic E-state index is 12.1. The molecule has 3 N–H and O–H groups in total. The Bertz CT molecular complexity index is 1000. The second kappa shape index (κ2) is 10.1. The van der Waals surface area contributed by atoms with Crippen LogP contribution in [0.25, 0.3) is 0 Å². The van der Waals surface area contributed by atoms with Gasteiger partial charge in [0.2, 0.25) is 5.88 Å². The fourth-order valence-electron chi connectivity index (χ4n) is 2.63. The van der Waals surface area contributed by atoms with Crippen LogP contribution < -0.4 is 15.8 Å². The first-order chi connectivity index (χ1) is 14.5. The predicted octanol–water partition coefficient (Wildman–Crippen LogP) is 4.27. The Morgan fingerprint density at radius 1 is 1.07 bits per heavy atom. The number of hydrogen-bond donors (Lipinski definition) is 2. The summed E-state index contributed by atoms with van der Waals surface area (Å²) in [4.78, 5) is 21.4. The molecule has 0 bridgehead atoms. The van der Waals surface area contributed by atoms with Crippen LogP contribution in [0.4, 0.5) is 5.69 Å². The molecule has 2 aromatic carbocycles. The Hall–Kier alpha value is -3.87. The Balaban J connectivity index is 1.58. The van der Waals surface area contributed by atoms with E-state index in [1.54, 1.807) is 30.5 Å². The van der Waals surface area contributed by atoms with E-state index in [0.29, 0.717) is 28.8 Å². The smallest absolute Gasteiger partial charge is 0.265 e. The lowest BCUT2D eigenvalue weighted by atomic mass is 10.0. The standard InChI is InChI=1S/C23H24N4O3/c1-16(2)17-10-12-18(13-11-17)26-21(28)15-29-27-22(24)20-9-6-14-25-23(20)30-19-7-4-3-5-8-19/h3-14,16H,15H2,1-2H3,(H2,24,27)(H,26,28). The van der Waals surface area contributed by atoms with Gasteiger partial charge in [0.15, 0.2) is 12.4 Å². The molecule has 0 fully saturated rings. The van der Waals surface area contributed by atoms with E-state index in [9.17, 15) is 4.79 Å². The van der Waals surface area contributed by atoms with Crippen LogP contribution in [-0.4, -0.2) is 23.3 Å². The number of ether oxygens (including phenoxy) is 1. The third-order valence-corrected chi connectivity index (χ3v) is 4.22. The largest absolute Gasteiger partial charge is 0.438 e. The molecule has 7 nitrogen and oxygen atoms in total. The van der Waals surface area contributed by atoms with E-state index in [2.05, 4.69) is 29.3 Å². The summed E-state index contributed by atoms with van der Waals surface area (Å²) in [5.74, 6) is 1.06. The zero-order chi connectivity index (χ0) is 21.3. The minimum absolute atomic E-state index is 0.0584. The SMILES string of the molecule is CC(C)c1ccc(NC(=O)CO/N=C(/N)c2cccnc2Oc2ccccc2)cc1. The van der Waals surface area contributed by atoms with E-state index in [1.165, 1.54) is 5.56 Å². The monoisotopic (exact) mass is 404 g/mol. The second-order valence-electron chi connectivity index (χ2n) is 6.85. The van der Waals surface area contributed by atoms with Crippen molar-refractivity contribution in [3.05, 3.63) is 84.1 Å². The first-order valence-electron chi connectivity index (χ1n) is 9.56. The summed E-state index contributed by atoms with van der Waals surface area (Å²) in [7, 11) is 0. The molecule has 3 rings (SSSR count). The van der Waals surface area contributed by atoms with Crippen LogP contribution in [0.15, 0.2) is 78.1 Å². The number of carbonyl (C=O) groups excluding carboxylic acids is 1. The quantitative estimate of drug-likeness (QED) is 0.332. The van der Waals surface area contributed by atoms with Crippen molar-refractivity contribution in [1.82, 2.24) is 4.98 Å². The van der Waals surface area contributed by atoms with Crippen molar-refractivity contribution >= 4 is 17.4 Å². The average Bonchev–Trinajstić information content (AvgIpc) is 2.75. The maximum absolute atomic E-state index is 12.1. The van der Waals surface area contributed by atoms with Gasteiger partial charge in [-0.15, -0.1) is 0 Å². The van der Waals surface area contributed by atoms with Gasteiger partial charge in [-0.1, -0.05) is 49.3 Å². The van der Waals surface area contributed by atoms with E-state index >= 15 is 0 Å². The molecular formula is C23H24N4O3. The van der Waals surface area contributed by atoms with E-state index in [4.69, 9.17) is 15.3 Å². The number of carbonyl (C=O) groups is 1. The lowest BCUT2D eigenvalue weighted by Crippen LogP contribution is -2.20. The van der Waals surface area contributed by atoms with Crippen LogP contribution >= 0.6 is 0 Å². The number of hydrogen-bond acceptors (Lipinski definition) is 5. The topological polar surface area (TPSA) is 98.8 Å². The number of anilines is 1. The second-order valence-corrected chi connectivity index (χ2v) is 6.85. The maximum Gasteiger partial charge on any atom is 0.265 e. The number of amides is 1. The summed E-state index contributed by atoms with van der Waals surface area (Å²) in [5.41, 5.74) is 8.36. The minimum Gasteiger partial charge on any atom is -0.438 e. The predicted molar refractivity (Wildman–Crippen MR) is 117 cm³/mol. The summed E-state index contributed by atoms with van der Waals surface area (Å²) in [6.45, 7) is 3.95. The molecule has 0 spiro atoms. The van der Waals surface area contributed by atoms with Crippen molar-refractivity contribution in [1.29, 1.82) is 0 Å². The van der Waals surface area contributed by atoms with Crippen LogP contribution in [0.2, 0.25) is 0 Å². The van der Waals surface area contributed by atoms with Gasteiger partial charge in [-0.05, 0) is 47.9 Å². The number of nitrogens with zero attached hydrogens (tertiary/aromatic N) is 2. The summed E-state index contributed by atoms with van der Waals surface area (Å²) in [5, 5.41) is 6.58. The van der Waals surface area contributed by atoms with Crippen LogP contribution in [-0.2, 0) is 9.63 Å². The molecule has 0 radical (unpaired) electrons. The van der Waals surface area contributed by atoms with Gasteiger partial charge >= 0.3 is 0 Å². The zero-order valence-corrected chi connectivity index (χ0v) is 16.9. The zero-order valence-electron chi connectivity index (χ0n) is 16.9. The van der Waals surface area contributed by atoms with Crippen LogP contribution in [0.5, 0.6) is 11.6 Å². The van der Waals surface area contributed by atoms with Gasteiger partial charge in [0.25, 0.3) is 5.91 Å². The Morgan fingerprint density at radius 3 is 2.50 bits per heavy atom. The molecule has 154 valence electrons. The number of para-hydroxylation sites is 1. The molecular weight excluding hydrogens is 380 g/mol. The normalized spacial score (nSPS) is 11.2. The van der Waals surface area contributed by atoms with Crippen molar-refractivity contribution in [2.75, 3.05) is 11.9 Å². The fourth-order valence-corrected chi connectivity index (χ4v) is 2.63. The highest BCUT2D eigenvalue weighted by Gasteiger charge is 2.11. The highest BCUT2D eigenvalue weighted by atomic mass is 16.6. The highest BCUT2D eigenvalue weighted by Crippen LogP contribution is 2.22. The van der Waals surface area contributed by atoms with Crippen LogP contribution in [0.1, 0.15) is 30.9 Å². The molecule has 0 saturated carbocycles. The molecule has 0 unspecified atom stereocenters. The number of amidine groups is 1. The van der Waals surface area contributed by atoms with Crippen molar-refractivity contribution in [3.8, 4) is 11.6 Å². The van der Waals surface area contributed by atoms with Gasteiger partial charge < -0.3 is 20.6 Å². The van der Waals surface area contributed by atoms with Gasteiger partial charge in [-0.25, -0.2) is 4.98 Å². The highest BCUT2D eigenvalue weighted by molar-refractivity contribution is 5.99. The lowest BCUT2D eigenvalue weighted by Gasteiger charge is -2.10. The van der Waals surface area contributed by atoms with Crippen LogP contribution in [0, 0.1) is 0 Å². The van der Waals surface area contributed by atoms with Gasteiger partial charge in [0.1, 0.15) is 5.75 Å². The number of oxime groups is 1. The molecule has 30 heavy (non-hydrogen) atoms. The molecule has 0 aliphatic heterocycles. The third kappa shape index (κ3) is 5.81. The molecule has 0 saturated heterocycles. The molecule has 1 heterocycles. The molecule has 0 atom stereocenters. The third-order valence-electron chi connectivity index (χ3n) is 4.22. The summed E-state index contributed by atoms with van der Waals surface area (Å²) in [6.07, 6.45) is 1.59. The Kier molecular flexibility index (Phi) is 7.00. The van der Waals surface area contributed by atoms with Crippen molar-refractivity contribution in [3.63, 3.8) is 0 Å². The number of benzene rings is 2. The molecule has 0 aliphatic rings. The average molecular weight is 404 g/mol. The number of pyridine rings is 1. The number of aromatic nitrogens is 1. The van der Waals surface area contributed by atoms with E-state index in [0.717, 1.165) is 0 Å². The van der Waals surface area contributed by atoms with E-state index in [-0.39, 0.29) is 18.3 Å². The Morgan fingerprint density at radius 2 is 1.80 bits per heavy atom. The van der Waals surface area contributed by atoms with Crippen molar-refractivity contribution in [2.24, 2.45) is 10.9 Å². The number of nitrogens with one attached hydrogen (secondary N) is 1. The van der Waals surface area contributed by atoms with Gasteiger partial charge in [-0.2, -0.15) is 0 Å². The summed E-state index contributed by atoms with van der Waals surface area (Å²) in [6, 6.07) is 20.3. The number of nitrogens with two attached hydrogens (primary N) is 1. The summed E-state index contributed by atoms with van der Waals surface area (Å²) >= 11 is 0. The molecule has 1 aromatic heterocycles. The molecule has 0 aliphatic carbocycles. The first-order valence-corrected chi connectivity index (χ1v) is 9.56. The van der Waals surface area contributed by atoms with E-state index in [1.807, 2.05) is 42.5 Å². The van der Waals surface area contributed by atoms with E-state index < -0.39 is 0 Å². The molecule has 7 heteroatoms. The molecule has 3 aromatic rings. The summed E-state index contributed by atoms with van der Waals surface area (Å²) < 4.78 is 5.76.